The van der Waals surface area contributed by atoms with E-state index in [2.05, 4.69) is 57.3 Å². The summed E-state index contributed by atoms with van der Waals surface area (Å²) in [6.45, 7) is 10.1. The van der Waals surface area contributed by atoms with Crippen molar-refractivity contribution in [2.45, 2.75) is 71.9 Å². The second kappa shape index (κ2) is 7.31. The monoisotopic (exact) mass is 289 g/mol. The Bertz CT molecular complexity index is 422. The van der Waals surface area contributed by atoms with Gasteiger partial charge in [-0.25, -0.2) is 0 Å². The molecule has 2 nitrogen and oxygen atoms in total. The summed E-state index contributed by atoms with van der Waals surface area (Å²) in [5.74, 6) is 1.03. The molecule has 2 atom stereocenters. The second-order valence-corrected chi connectivity index (χ2v) is 6.29. The summed E-state index contributed by atoms with van der Waals surface area (Å²) in [7, 11) is 0. The number of aryl methyl sites for hydroxylation is 1. The number of rotatable bonds is 8. The summed E-state index contributed by atoms with van der Waals surface area (Å²) < 4.78 is 6.32. The van der Waals surface area contributed by atoms with Crippen molar-refractivity contribution in [1.82, 2.24) is 5.32 Å². The van der Waals surface area contributed by atoms with E-state index < -0.39 is 0 Å². The van der Waals surface area contributed by atoms with Crippen LogP contribution in [0.15, 0.2) is 24.3 Å². The molecule has 0 bridgehead atoms. The Kier molecular flexibility index (Phi) is 5.69. The topological polar surface area (TPSA) is 21.3 Å². The third-order valence-electron chi connectivity index (χ3n) is 5.29. The molecule has 2 rings (SSSR count). The van der Waals surface area contributed by atoms with E-state index >= 15 is 0 Å². The molecule has 0 saturated heterocycles. The predicted molar refractivity (Wildman–Crippen MR) is 89.9 cm³/mol. The number of benzene rings is 1. The fourth-order valence-electron chi connectivity index (χ4n) is 3.83. The van der Waals surface area contributed by atoms with Crippen LogP contribution in [-0.4, -0.2) is 18.7 Å². The van der Waals surface area contributed by atoms with Crippen molar-refractivity contribution >= 4 is 0 Å². The van der Waals surface area contributed by atoms with E-state index in [-0.39, 0.29) is 0 Å². The molecule has 0 aliphatic heterocycles. The second-order valence-electron chi connectivity index (χ2n) is 6.29. The van der Waals surface area contributed by atoms with E-state index in [1.165, 1.54) is 24.8 Å². The van der Waals surface area contributed by atoms with Crippen molar-refractivity contribution in [3.63, 3.8) is 0 Å². The summed E-state index contributed by atoms with van der Waals surface area (Å²) in [6, 6.07) is 9.31. The summed E-state index contributed by atoms with van der Waals surface area (Å²) in [5, 5.41) is 3.64. The standard InChI is InChI=1S/C19H31NO/c1-5-9-15-10-12-16(13-11-15)21-18-14-17(20-8-4)19(18,6-2)7-3/h10-13,17-18,20H,5-9,14H2,1-4H3. The highest BCUT2D eigenvalue weighted by atomic mass is 16.5. The van der Waals surface area contributed by atoms with Crippen LogP contribution in [-0.2, 0) is 6.42 Å². The van der Waals surface area contributed by atoms with E-state index in [0.29, 0.717) is 17.6 Å². The molecule has 1 aliphatic carbocycles. The van der Waals surface area contributed by atoms with E-state index in [9.17, 15) is 0 Å². The van der Waals surface area contributed by atoms with E-state index in [1.54, 1.807) is 0 Å². The van der Waals surface area contributed by atoms with Crippen LogP contribution in [0, 0.1) is 5.41 Å². The van der Waals surface area contributed by atoms with Crippen molar-refractivity contribution in [3.8, 4) is 5.75 Å². The Hall–Kier alpha value is -1.02. The third-order valence-corrected chi connectivity index (χ3v) is 5.29. The molecule has 0 heterocycles. The number of nitrogens with one attached hydrogen (secondary N) is 1. The molecule has 1 saturated carbocycles. The van der Waals surface area contributed by atoms with Crippen LogP contribution in [0.5, 0.6) is 5.75 Å². The van der Waals surface area contributed by atoms with Gasteiger partial charge in [0.25, 0.3) is 0 Å². The van der Waals surface area contributed by atoms with Gasteiger partial charge in [0.15, 0.2) is 0 Å². The van der Waals surface area contributed by atoms with Gasteiger partial charge in [-0.15, -0.1) is 0 Å². The molecule has 2 heteroatoms. The zero-order valence-electron chi connectivity index (χ0n) is 14.1. The molecule has 1 fully saturated rings. The van der Waals surface area contributed by atoms with Crippen LogP contribution in [0.4, 0.5) is 0 Å². The highest BCUT2D eigenvalue weighted by Gasteiger charge is 2.53. The van der Waals surface area contributed by atoms with Crippen LogP contribution in [0.3, 0.4) is 0 Å². The van der Waals surface area contributed by atoms with Crippen molar-refractivity contribution in [3.05, 3.63) is 29.8 Å². The van der Waals surface area contributed by atoms with Crippen LogP contribution in [0.25, 0.3) is 0 Å². The summed E-state index contributed by atoms with van der Waals surface area (Å²) in [4.78, 5) is 0. The minimum absolute atomic E-state index is 0.304. The normalized spacial score (nSPS) is 23.6. The average molecular weight is 289 g/mol. The smallest absolute Gasteiger partial charge is 0.119 e. The van der Waals surface area contributed by atoms with E-state index in [4.69, 9.17) is 4.74 Å². The van der Waals surface area contributed by atoms with Gasteiger partial charge in [-0.2, -0.15) is 0 Å². The summed E-state index contributed by atoms with van der Waals surface area (Å²) >= 11 is 0. The Morgan fingerprint density at radius 3 is 2.29 bits per heavy atom. The molecular weight excluding hydrogens is 258 g/mol. The maximum atomic E-state index is 6.32. The first-order chi connectivity index (χ1) is 10.2. The first-order valence-corrected chi connectivity index (χ1v) is 8.69. The molecule has 118 valence electrons. The molecule has 21 heavy (non-hydrogen) atoms. The van der Waals surface area contributed by atoms with Crippen LogP contribution in [0.2, 0.25) is 0 Å². The van der Waals surface area contributed by atoms with Gasteiger partial charge < -0.3 is 10.1 Å². The maximum Gasteiger partial charge on any atom is 0.119 e. The minimum atomic E-state index is 0.304. The molecule has 2 unspecified atom stereocenters. The highest BCUT2D eigenvalue weighted by Crippen LogP contribution is 2.48. The lowest BCUT2D eigenvalue weighted by molar-refractivity contribution is -0.0854. The number of hydrogen-bond acceptors (Lipinski definition) is 2. The zero-order valence-corrected chi connectivity index (χ0v) is 14.1. The summed E-state index contributed by atoms with van der Waals surface area (Å²) in [6.07, 6.45) is 6.20. The lowest BCUT2D eigenvalue weighted by Crippen LogP contribution is -2.64. The van der Waals surface area contributed by atoms with Crippen molar-refractivity contribution < 1.29 is 4.74 Å². The lowest BCUT2D eigenvalue weighted by atomic mass is 9.58. The molecule has 0 radical (unpaired) electrons. The Labute approximate surface area is 130 Å². The molecule has 1 aliphatic rings. The van der Waals surface area contributed by atoms with Crippen LogP contribution < -0.4 is 10.1 Å². The fourth-order valence-corrected chi connectivity index (χ4v) is 3.83. The number of hydrogen-bond donors (Lipinski definition) is 1. The minimum Gasteiger partial charge on any atom is -0.490 e. The molecule has 1 aromatic rings. The average Bonchev–Trinajstić information content (AvgIpc) is 2.49. The molecular formula is C19H31NO. The van der Waals surface area contributed by atoms with Gasteiger partial charge in [0.05, 0.1) is 0 Å². The van der Waals surface area contributed by atoms with Gasteiger partial charge >= 0.3 is 0 Å². The van der Waals surface area contributed by atoms with Gasteiger partial charge in [0.2, 0.25) is 0 Å². The van der Waals surface area contributed by atoms with Gasteiger partial charge in [-0.1, -0.05) is 46.2 Å². The number of ether oxygens (including phenoxy) is 1. The zero-order chi connectivity index (χ0) is 15.3. The van der Waals surface area contributed by atoms with Gasteiger partial charge in [0, 0.05) is 17.9 Å². The van der Waals surface area contributed by atoms with E-state index in [1.807, 2.05) is 0 Å². The first kappa shape index (κ1) is 16.4. The third kappa shape index (κ3) is 3.26. The maximum absolute atomic E-state index is 6.32. The van der Waals surface area contributed by atoms with Crippen LogP contribution in [0.1, 0.15) is 58.9 Å². The van der Waals surface area contributed by atoms with Crippen molar-refractivity contribution in [1.29, 1.82) is 0 Å². The molecule has 0 spiro atoms. The lowest BCUT2D eigenvalue weighted by Gasteiger charge is -2.55. The van der Waals surface area contributed by atoms with Crippen molar-refractivity contribution in [2.75, 3.05) is 6.54 Å². The Morgan fingerprint density at radius 2 is 1.76 bits per heavy atom. The van der Waals surface area contributed by atoms with E-state index in [0.717, 1.165) is 25.1 Å². The molecule has 1 aromatic carbocycles. The van der Waals surface area contributed by atoms with Gasteiger partial charge in [-0.05, 0) is 43.5 Å². The van der Waals surface area contributed by atoms with Gasteiger partial charge in [0.1, 0.15) is 11.9 Å². The van der Waals surface area contributed by atoms with Crippen LogP contribution >= 0.6 is 0 Å². The quantitative estimate of drug-likeness (QED) is 0.756. The highest BCUT2D eigenvalue weighted by molar-refractivity contribution is 5.28. The first-order valence-electron chi connectivity index (χ1n) is 8.69. The molecule has 0 aromatic heterocycles. The summed E-state index contributed by atoms with van der Waals surface area (Å²) in [5.41, 5.74) is 1.71. The van der Waals surface area contributed by atoms with Crippen molar-refractivity contribution in [2.24, 2.45) is 5.41 Å². The van der Waals surface area contributed by atoms with Gasteiger partial charge in [-0.3, -0.25) is 0 Å². The molecule has 0 amide bonds. The predicted octanol–water partition coefficient (Wildman–Crippen LogP) is 4.57. The fraction of sp³-hybridized carbons (Fsp3) is 0.684. The Balaban J connectivity index is 2.02. The Morgan fingerprint density at radius 1 is 1.10 bits per heavy atom. The largest absolute Gasteiger partial charge is 0.490 e. The SMILES string of the molecule is CCCc1ccc(OC2CC(NCC)C2(CC)CC)cc1. The molecule has 1 N–H and O–H groups in total.